The van der Waals surface area contributed by atoms with Gasteiger partial charge in [-0.3, -0.25) is 9.82 Å². The Labute approximate surface area is 123 Å². The SMILES string of the molecule is CCON(Cc1cncc(Br)c1)S(=O)(=O)C(C)CC. The molecule has 0 aliphatic carbocycles. The molecular formula is C12H19BrN2O3S. The van der Waals surface area contributed by atoms with Gasteiger partial charge in [0.05, 0.1) is 18.4 Å². The molecule has 0 aliphatic rings. The van der Waals surface area contributed by atoms with Gasteiger partial charge in [0.15, 0.2) is 0 Å². The van der Waals surface area contributed by atoms with Gasteiger partial charge in [-0.05, 0) is 47.8 Å². The van der Waals surface area contributed by atoms with E-state index in [0.29, 0.717) is 13.0 Å². The molecule has 0 bridgehead atoms. The minimum absolute atomic E-state index is 0.160. The zero-order valence-corrected chi connectivity index (χ0v) is 13.7. The minimum atomic E-state index is -3.46. The molecule has 0 saturated carbocycles. The van der Waals surface area contributed by atoms with Gasteiger partial charge in [0.25, 0.3) is 0 Å². The Morgan fingerprint density at radius 2 is 2.11 bits per heavy atom. The topological polar surface area (TPSA) is 59.5 Å². The number of hydroxylamine groups is 1. The van der Waals surface area contributed by atoms with Crippen molar-refractivity contribution in [2.75, 3.05) is 6.61 Å². The summed E-state index contributed by atoms with van der Waals surface area (Å²) < 4.78 is 26.5. The number of pyridine rings is 1. The highest BCUT2D eigenvalue weighted by Crippen LogP contribution is 2.18. The van der Waals surface area contributed by atoms with Gasteiger partial charge >= 0.3 is 0 Å². The standard InChI is InChI=1S/C12H19BrN2O3S/c1-4-10(3)19(16,17)15(18-5-2)9-11-6-12(13)8-14-7-11/h6-8,10H,4-5,9H2,1-3H3. The Balaban J connectivity index is 2.96. The van der Waals surface area contributed by atoms with Crippen LogP contribution in [-0.2, 0) is 21.4 Å². The van der Waals surface area contributed by atoms with Crippen molar-refractivity contribution in [1.82, 2.24) is 9.45 Å². The van der Waals surface area contributed by atoms with E-state index in [1.165, 1.54) is 0 Å². The summed E-state index contributed by atoms with van der Waals surface area (Å²) in [5, 5.41) is -0.473. The first kappa shape index (κ1) is 16.6. The lowest BCUT2D eigenvalue weighted by Gasteiger charge is -2.24. The third-order valence-corrected chi connectivity index (χ3v) is 5.30. The molecule has 19 heavy (non-hydrogen) atoms. The maximum atomic E-state index is 12.3. The van der Waals surface area contributed by atoms with Crippen LogP contribution in [0.3, 0.4) is 0 Å². The molecule has 1 unspecified atom stereocenters. The summed E-state index contributed by atoms with van der Waals surface area (Å²) in [6.07, 6.45) is 3.82. The van der Waals surface area contributed by atoms with E-state index in [9.17, 15) is 8.42 Å². The monoisotopic (exact) mass is 350 g/mol. The van der Waals surface area contributed by atoms with E-state index in [2.05, 4.69) is 20.9 Å². The van der Waals surface area contributed by atoms with Crippen LogP contribution in [0.2, 0.25) is 0 Å². The Morgan fingerprint density at radius 1 is 1.42 bits per heavy atom. The number of halogens is 1. The predicted molar refractivity (Wildman–Crippen MR) is 77.8 cm³/mol. The Kier molecular flexibility index (Phi) is 6.38. The third kappa shape index (κ3) is 4.52. The van der Waals surface area contributed by atoms with Crippen LogP contribution in [0.4, 0.5) is 0 Å². The number of sulfonamides is 1. The van der Waals surface area contributed by atoms with Gasteiger partial charge in [-0.25, -0.2) is 8.42 Å². The van der Waals surface area contributed by atoms with Gasteiger partial charge in [-0.1, -0.05) is 11.4 Å². The summed E-state index contributed by atoms with van der Waals surface area (Å²) in [5.74, 6) is 0. The Hall–Kier alpha value is -0.500. The molecule has 0 saturated heterocycles. The zero-order chi connectivity index (χ0) is 14.5. The number of aromatic nitrogens is 1. The quantitative estimate of drug-likeness (QED) is 0.709. The minimum Gasteiger partial charge on any atom is -0.284 e. The summed E-state index contributed by atoms with van der Waals surface area (Å²) in [4.78, 5) is 9.30. The second kappa shape index (κ2) is 7.33. The number of hydrogen-bond acceptors (Lipinski definition) is 4. The molecule has 0 radical (unpaired) electrons. The van der Waals surface area contributed by atoms with E-state index in [1.54, 1.807) is 26.2 Å². The predicted octanol–water partition coefficient (Wildman–Crippen LogP) is 2.73. The number of rotatable bonds is 7. The average molecular weight is 351 g/mol. The molecule has 1 aromatic heterocycles. The molecule has 5 nitrogen and oxygen atoms in total. The summed E-state index contributed by atoms with van der Waals surface area (Å²) >= 11 is 3.31. The van der Waals surface area contributed by atoms with Gasteiger partial charge in [0.2, 0.25) is 10.0 Å². The van der Waals surface area contributed by atoms with Crippen molar-refractivity contribution < 1.29 is 13.3 Å². The molecule has 0 aromatic carbocycles. The van der Waals surface area contributed by atoms with Crippen LogP contribution in [0.25, 0.3) is 0 Å². The van der Waals surface area contributed by atoms with Gasteiger partial charge in [-0.15, -0.1) is 0 Å². The highest BCUT2D eigenvalue weighted by atomic mass is 79.9. The van der Waals surface area contributed by atoms with E-state index in [4.69, 9.17) is 4.84 Å². The lowest BCUT2D eigenvalue weighted by molar-refractivity contribution is -0.0855. The van der Waals surface area contributed by atoms with Crippen molar-refractivity contribution in [2.24, 2.45) is 0 Å². The van der Waals surface area contributed by atoms with Crippen LogP contribution < -0.4 is 0 Å². The van der Waals surface area contributed by atoms with Gasteiger partial charge < -0.3 is 0 Å². The largest absolute Gasteiger partial charge is 0.284 e. The molecule has 108 valence electrons. The smallest absolute Gasteiger partial charge is 0.238 e. The molecular weight excluding hydrogens is 332 g/mol. The summed E-state index contributed by atoms with van der Waals surface area (Å²) in [7, 11) is -3.46. The fourth-order valence-electron chi connectivity index (χ4n) is 1.46. The molecule has 7 heteroatoms. The third-order valence-electron chi connectivity index (χ3n) is 2.71. The summed E-state index contributed by atoms with van der Waals surface area (Å²) in [6.45, 7) is 5.75. The molecule has 0 aliphatic heterocycles. The maximum Gasteiger partial charge on any atom is 0.238 e. The molecule has 1 heterocycles. The normalized spacial score (nSPS) is 13.7. The van der Waals surface area contributed by atoms with Crippen LogP contribution in [0.15, 0.2) is 22.9 Å². The lowest BCUT2D eigenvalue weighted by atomic mass is 10.3. The van der Waals surface area contributed by atoms with Gasteiger partial charge in [0.1, 0.15) is 0 Å². The van der Waals surface area contributed by atoms with Crippen molar-refractivity contribution in [3.05, 3.63) is 28.5 Å². The van der Waals surface area contributed by atoms with Crippen LogP contribution in [0.5, 0.6) is 0 Å². The molecule has 1 rings (SSSR count). The number of nitrogens with zero attached hydrogens (tertiary/aromatic N) is 2. The van der Waals surface area contributed by atoms with Gasteiger partial charge in [0, 0.05) is 16.9 Å². The first-order chi connectivity index (χ1) is 8.91. The summed E-state index contributed by atoms with van der Waals surface area (Å²) in [5.41, 5.74) is 0.773. The molecule has 1 atom stereocenters. The van der Waals surface area contributed by atoms with E-state index in [-0.39, 0.29) is 6.54 Å². The molecule has 0 amide bonds. The van der Waals surface area contributed by atoms with Crippen molar-refractivity contribution in [2.45, 2.75) is 39.0 Å². The molecule has 1 aromatic rings. The second-order valence-electron chi connectivity index (χ2n) is 4.15. The number of hydrogen-bond donors (Lipinski definition) is 0. The van der Waals surface area contributed by atoms with E-state index in [0.717, 1.165) is 14.5 Å². The van der Waals surface area contributed by atoms with Crippen LogP contribution in [-0.4, -0.2) is 29.7 Å². The average Bonchev–Trinajstić information content (AvgIpc) is 2.37. The van der Waals surface area contributed by atoms with Crippen LogP contribution >= 0.6 is 15.9 Å². The van der Waals surface area contributed by atoms with Crippen molar-refractivity contribution in [1.29, 1.82) is 0 Å². The maximum absolute atomic E-state index is 12.3. The van der Waals surface area contributed by atoms with Gasteiger partial charge in [-0.2, -0.15) is 0 Å². The fraction of sp³-hybridized carbons (Fsp3) is 0.583. The van der Waals surface area contributed by atoms with Crippen molar-refractivity contribution in [3.63, 3.8) is 0 Å². The zero-order valence-electron chi connectivity index (χ0n) is 11.3. The van der Waals surface area contributed by atoms with Crippen molar-refractivity contribution in [3.8, 4) is 0 Å². The highest BCUT2D eigenvalue weighted by molar-refractivity contribution is 9.10. The molecule has 0 N–H and O–H groups in total. The Bertz CT molecular complexity index is 507. The van der Waals surface area contributed by atoms with E-state index in [1.807, 2.05) is 13.0 Å². The molecule has 0 fully saturated rings. The van der Waals surface area contributed by atoms with Crippen LogP contribution in [0, 0.1) is 0 Å². The Morgan fingerprint density at radius 3 is 2.63 bits per heavy atom. The van der Waals surface area contributed by atoms with E-state index < -0.39 is 15.3 Å². The summed E-state index contributed by atoms with van der Waals surface area (Å²) in [6, 6.07) is 1.82. The lowest BCUT2D eigenvalue weighted by Crippen LogP contribution is -2.37. The van der Waals surface area contributed by atoms with Crippen LogP contribution in [0.1, 0.15) is 32.8 Å². The van der Waals surface area contributed by atoms with Crippen molar-refractivity contribution >= 4 is 26.0 Å². The first-order valence-corrected chi connectivity index (χ1v) is 8.45. The second-order valence-corrected chi connectivity index (χ2v) is 7.31. The fourth-order valence-corrected chi connectivity index (χ4v) is 3.27. The first-order valence-electron chi connectivity index (χ1n) is 6.15. The highest BCUT2D eigenvalue weighted by Gasteiger charge is 2.28. The van der Waals surface area contributed by atoms with E-state index >= 15 is 0 Å². The molecule has 0 spiro atoms.